The first kappa shape index (κ1) is 17.1. The summed E-state index contributed by atoms with van der Waals surface area (Å²) < 4.78 is 0. The number of benzene rings is 1. The maximum Gasteiger partial charge on any atom is 0.305 e. The van der Waals surface area contributed by atoms with Crippen LogP contribution >= 0.6 is 35.0 Å². The van der Waals surface area contributed by atoms with E-state index in [0.29, 0.717) is 14.9 Å². The molecule has 0 unspecified atom stereocenters. The second kappa shape index (κ2) is 7.20. The Kier molecular flexibility index (Phi) is 6.17. The minimum absolute atomic E-state index is 0.138. The van der Waals surface area contributed by atoms with Gasteiger partial charge in [0.1, 0.15) is 0 Å². The number of carbonyl (C=O) groups is 2. The van der Waals surface area contributed by atoms with Gasteiger partial charge < -0.3 is 10.4 Å². The van der Waals surface area contributed by atoms with Gasteiger partial charge in [-0.05, 0) is 32.0 Å². The summed E-state index contributed by atoms with van der Waals surface area (Å²) >= 11 is 13.1. The van der Waals surface area contributed by atoms with E-state index in [4.69, 9.17) is 28.3 Å². The lowest BCUT2D eigenvalue weighted by Gasteiger charge is -2.24. The number of carboxylic acid groups (broad SMARTS) is 1. The molecule has 0 bridgehead atoms. The van der Waals surface area contributed by atoms with Gasteiger partial charge in [0.2, 0.25) is 5.91 Å². The van der Waals surface area contributed by atoms with Crippen LogP contribution in [0.25, 0.3) is 0 Å². The molecule has 4 nitrogen and oxygen atoms in total. The molecular weight excluding hydrogens is 321 g/mol. The zero-order chi connectivity index (χ0) is 15.3. The van der Waals surface area contributed by atoms with Gasteiger partial charge in [-0.1, -0.05) is 23.2 Å². The maximum atomic E-state index is 11.8. The number of halogens is 2. The molecule has 1 rings (SSSR count). The Labute approximate surface area is 131 Å². The molecule has 1 amide bonds. The van der Waals surface area contributed by atoms with Gasteiger partial charge in [-0.2, -0.15) is 0 Å². The highest BCUT2D eigenvalue weighted by Gasteiger charge is 2.23. The van der Waals surface area contributed by atoms with Crippen LogP contribution in [0.2, 0.25) is 10.0 Å². The van der Waals surface area contributed by atoms with E-state index in [1.54, 1.807) is 32.0 Å². The van der Waals surface area contributed by atoms with E-state index in [1.807, 2.05) is 0 Å². The van der Waals surface area contributed by atoms with Gasteiger partial charge in [0, 0.05) is 15.5 Å². The van der Waals surface area contributed by atoms with Crippen molar-refractivity contribution in [3.63, 3.8) is 0 Å². The summed E-state index contributed by atoms with van der Waals surface area (Å²) in [4.78, 5) is 23.2. The standard InChI is InChI=1S/C13H15Cl2NO3S/c1-13(2,6-12(18)19)16-11(17)7-20-10-5-8(14)3-4-9(10)15/h3-5H,6-7H2,1-2H3,(H,16,17)(H,18,19). The van der Waals surface area contributed by atoms with Crippen molar-refractivity contribution in [2.45, 2.75) is 30.7 Å². The fourth-order valence-corrected chi connectivity index (χ4v) is 2.86. The van der Waals surface area contributed by atoms with Crippen LogP contribution in [0, 0.1) is 0 Å². The second-order valence-electron chi connectivity index (χ2n) is 4.87. The van der Waals surface area contributed by atoms with Crippen LogP contribution in [0.3, 0.4) is 0 Å². The van der Waals surface area contributed by atoms with E-state index < -0.39 is 11.5 Å². The van der Waals surface area contributed by atoms with E-state index in [9.17, 15) is 9.59 Å². The first-order valence-electron chi connectivity index (χ1n) is 5.80. The summed E-state index contributed by atoms with van der Waals surface area (Å²) in [5.74, 6) is -1.07. The third kappa shape index (κ3) is 6.03. The monoisotopic (exact) mass is 335 g/mol. The molecule has 1 aromatic carbocycles. The lowest BCUT2D eigenvalue weighted by atomic mass is 10.0. The molecule has 1 aromatic rings. The molecule has 0 spiro atoms. The van der Waals surface area contributed by atoms with Gasteiger partial charge in [0.25, 0.3) is 0 Å². The molecule has 0 saturated heterocycles. The van der Waals surface area contributed by atoms with Crippen molar-refractivity contribution in [1.29, 1.82) is 0 Å². The van der Waals surface area contributed by atoms with Gasteiger partial charge in [0.05, 0.1) is 17.2 Å². The third-order valence-electron chi connectivity index (χ3n) is 2.32. The third-order valence-corrected chi connectivity index (χ3v) is 4.06. The van der Waals surface area contributed by atoms with Crippen molar-refractivity contribution in [3.8, 4) is 0 Å². The molecule has 0 heterocycles. The minimum Gasteiger partial charge on any atom is -0.481 e. The Morgan fingerprint density at radius 3 is 2.60 bits per heavy atom. The molecular formula is C13H15Cl2NO3S. The molecule has 0 aliphatic rings. The van der Waals surface area contributed by atoms with Crippen LogP contribution in [0.1, 0.15) is 20.3 Å². The summed E-state index contributed by atoms with van der Waals surface area (Å²) in [6.07, 6.45) is -0.138. The Balaban J connectivity index is 2.55. The highest BCUT2D eigenvalue weighted by Crippen LogP contribution is 2.29. The topological polar surface area (TPSA) is 66.4 Å². The summed E-state index contributed by atoms with van der Waals surface area (Å²) in [6, 6.07) is 5.02. The van der Waals surface area contributed by atoms with E-state index in [2.05, 4.69) is 5.32 Å². The largest absolute Gasteiger partial charge is 0.481 e. The van der Waals surface area contributed by atoms with Gasteiger partial charge >= 0.3 is 5.97 Å². The molecule has 110 valence electrons. The van der Waals surface area contributed by atoms with E-state index in [1.165, 1.54) is 11.8 Å². The lowest BCUT2D eigenvalue weighted by Crippen LogP contribution is -2.45. The Bertz CT molecular complexity index is 520. The highest BCUT2D eigenvalue weighted by atomic mass is 35.5. The summed E-state index contributed by atoms with van der Waals surface area (Å²) in [5.41, 5.74) is -0.790. The van der Waals surface area contributed by atoms with Crippen LogP contribution in [0.5, 0.6) is 0 Å². The van der Waals surface area contributed by atoms with Crippen LogP contribution in [-0.2, 0) is 9.59 Å². The minimum atomic E-state index is -0.958. The average molecular weight is 336 g/mol. The van der Waals surface area contributed by atoms with Crippen LogP contribution in [0.4, 0.5) is 0 Å². The van der Waals surface area contributed by atoms with E-state index in [0.717, 1.165) is 0 Å². The number of carboxylic acids is 1. The molecule has 0 aliphatic carbocycles. The number of nitrogens with one attached hydrogen (secondary N) is 1. The summed E-state index contributed by atoms with van der Waals surface area (Å²) in [6.45, 7) is 3.33. The number of rotatable bonds is 6. The Morgan fingerprint density at radius 1 is 1.35 bits per heavy atom. The zero-order valence-corrected chi connectivity index (χ0v) is 13.4. The van der Waals surface area contributed by atoms with Crippen molar-refractivity contribution in [2.24, 2.45) is 0 Å². The van der Waals surface area contributed by atoms with Crippen LogP contribution in [0.15, 0.2) is 23.1 Å². The van der Waals surface area contributed by atoms with Crippen molar-refractivity contribution >= 4 is 46.8 Å². The number of aliphatic carboxylic acids is 1. The van der Waals surface area contributed by atoms with Gasteiger partial charge in [-0.15, -0.1) is 11.8 Å². The zero-order valence-electron chi connectivity index (χ0n) is 11.1. The fourth-order valence-electron chi connectivity index (χ4n) is 1.57. The predicted molar refractivity (Wildman–Crippen MR) is 81.7 cm³/mol. The number of thioether (sulfide) groups is 1. The first-order chi connectivity index (χ1) is 9.19. The van der Waals surface area contributed by atoms with Gasteiger partial charge in [0.15, 0.2) is 0 Å². The Hall–Kier alpha value is -0.910. The molecule has 0 atom stereocenters. The number of hydrogen-bond acceptors (Lipinski definition) is 3. The summed E-state index contributed by atoms with van der Waals surface area (Å²) in [5, 5.41) is 12.5. The van der Waals surface area contributed by atoms with Crippen LogP contribution < -0.4 is 5.32 Å². The van der Waals surface area contributed by atoms with E-state index >= 15 is 0 Å². The number of carbonyl (C=O) groups excluding carboxylic acids is 1. The van der Waals surface area contributed by atoms with Crippen LogP contribution in [-0.4, -0.2) is 28.3 Å². The molecule has 0 radical (unpaired) electrons. The van der Waals surface area contributed by atoms with Gasteiger partial charge in [-0.3, -0.25) is 9.59 Å². The molecule has 0 aromatic heterocycles. The lowest BCUT2D eigenvalue weighted by molar-refractivity contribution is -0.138. The molecule has 0 aliphatic heterocycles. The molecule has 0 fully saturated rings. The van der Waals surface area contributed by atoms with Crippen molar-refractivity contribution in [3.05, 3.63) is 28.2 Å². The molecule has 2 N–H and O–H groups in total. The molecule has 20 heavy (non-hydrogen) atoms. The predicted octanol–water partition coefficient (Wildman–Crippen LogP) is 3.46. The number of amides is 1. The fraction of sp³-hybridized carbons (Fsp3) is 0.385. The smallest absolute Gasteiger partial charge is 0.305 e. The second-order valence-corrected chi connectivity index (χ2v) is 6.73. The van der Waals surface area contributed by atoms with Crippen molar-refractivity contribution in [1.82, 2.24) is 5.32 Å². The van der Waals surface area contributed by atoms with Crippen molar-refractivity contribution in [2.75, 3.05) is 5.75 Å². The quantitative estimate of drug-likeness (QED) is 0.781. The number of hydrogen-bond donors (Lipinski definition) is 2. The highest BCUT2D eigenvalue weighted by molar-refractivity contribution is 8.00. The van der Waals surface area contributed by atoms with E-state index in [-0.39, 0.29) is 18.1 Å². The van der Waals surface area contributed by atoms with Crippen molar-refractivity contribution < 1.29 is 14.7 Å². The summed E-state index contributed by atoms with van der Waals surface area (Å²) in [7, 11) is 0. The van der Waals surface area contributed by atoms with Gasteiger partial charge in [-0.25, -0.2) is 0 Å². The molecule has 7 heteroatoms. The normalized spacial score (nSPS) is 11.2. The molecule has 0 saturated carbocycles. The average Bonchev–Trinajstić information content (AvgIpc) is 2.27. The first-order valence-corrected chi connectivity index (χ1v) is 7.54. The SMILES string of the molecule is CC(C)(CC(=O)O)NC(=O)CSc1cc(Cl)ccc1Cl. The Morgan fingerprint density at radius 2 is 2.00 bits per heavy atom. The maximum absolute atomic E-state index is 11.8.